The van der Waals surface area contributed by atoms with Gasteiger partial charge in [0.25, 0.3) is 0 Å². The van der Waals surface area contributed by atoms with Crippen LogP contribution < -0.4 is 10.4 Å². The van der Waals surface area contributed by atoms with Crippen molar-refractivity contribution in [1.29, 1.82) is 0 Å². The Morgan fingerprint density at radius 3 is 2.46 bits per heavy atom. The Labute approximate surface area is 81.4 Å². The molecule has 1 aliphatic rings. The summed E-state index contributed by atoms with van der Waals surface area (Å²) in [5, 5.41) is 12.4. The molecule has 0 saturated heterocycles. The molecule has 0 spiro atoms. The maximum absolute atomic E-state index is 9.36. The SMILES string of the molecule is ON1NC=C(S)N1c1ccccc1. The average molecular weight is 195 g/mol. The van der Waals surface area contributed by atoms with Crippen LogP contribution in [0, 0.1) is 0 Å². The molecule has 2 N–H and O–H groups in total. The Morgan fingerprint density at radius 2 is 1.92 bits per heavy atom. The highest BCUT2D eigenvalue weighted by Gasteiger charge is 2.20. The molecular formula is C8H9N3OS. The van der Waals surface area contributed by atoms with Gasteiger partial charge in [-0.3, -0.25) is 10.6 Å². The van der Waals surface area contributed by atoms with E-state index in [2.05, 4.69) is 18.1 Å². The molecule has 0 atom stereocenters. The van der Waals surface area contributed by atoms with Crippen LogP contribution in [-0.2, 0) is 0 Å². The first-order valence-electron chi connectivity index (χ1n) is 3.78. The Balaban J connectivity index is 2.31. The first-order valence-corrected chi connectivity index (χ1v) is 4.23. The molecule has 13 heavy (non-hydrogen) atoms. The van der Waals surface area contributed by atoms with Crippen molar-refractivity contribution in [2.75, 3.05) is 5.01 Å². The van der Waals surface area contributed by atoms with Crippen molar-refractivity contribution in [3.63, 3.8) is 0 Å². The molecule has 0 bridgehead atoms. The van der Waals surface area contributed by atoms with Gasteiger partial charge < -0.3 is 0 Å². The molecule has 0 radical (unpaired) electrons. The summed E-state index contributed by atoms with van der Waals surface area (Å²) in [6.07, 6.45) is 1.59. The predicted molar refractivity (Wildman–Crippen MR) is 52.8 cm³/mol. The standard InChI is InChI=1S/C8H9N3OS/c12-11-9-6-8(13)10(11)7-4-2-1-3-5-7/h1-6,9,12-13H. The quantitative estimate of drug-likeness (QED) is 0.591. The van der Waals surface area contributed by atoms with Gasteiger partial charge in [-0.25, -0.2) is 5.01 Å². The van der Waals surface area contributed by atoms with Crippen molar-refractivity contribution in [1.82, 2.24) is 10.7 Å². The molecule has 0 amide bonds. The average Bonchev–Trinajstić information content (AvgIpc) is 2.48. The van der Waals surface area contributed by atoms with E-state index < -0.39 is 0 Å². The number of nitrogens with one attached hydrogen (secondary N) is 1. The lowest BCUT2D eigenvalue weighted by Gasteiger charge is -2.23. The Bertz CT molecular complexity index is 327. The van der Waals surface area contributed by atoms with Gasteiger partial charge in [0, 0.05) is 11.5 Å². The highest BCUT2D eigenvalue weighted by atomic mass is 32.1. The predicted octanol–water partition coefficient (Wildman–Crippen LogP) is 1.35. The highest BCUT2D eigenvalue weighted by molar-refractivity contribution is 7.84. The van der Waals surface area contributed by atoms with E-state index in [0.717, 1.165) is 11.0 Å². The lowest BCUT2D eigenvalue weighted by Crippen LogP contribution is -2.39. The van der Waals surface area contributed by atoms with E-state index in [-0.39, 0.29) is 0 Å². The van der Waals surface area contributed by atoms with Crippen molar-refractivity contribution in [2.45, 2.75) is 0 Å². The Hall–Kier alpha value is -1.17. The number of benzene rings is 1. The van der Waals surface area contributed by atoms with Gasteiger partial charge in [-0.1, -0.05) is 18.2 Å². The number of thiol groups is 1. The lowest BCUT2D eigenvalue weighted by atomic mass is 10.3. The molecule has 5 heteroatoms. The van der Waals surface area contributed by atoms with Gasteiger partial charge in [-0.15, -0.1) is 12.6 Å². The minimum atomic E-state index is 0.633. The fraction of sp³-hybridized carbons (Fsp3) is 0. The van der Waals surface area contributed by atoms with E-state index in [1.54, 1.807) is 6.20 Å². The van der Waals surface area contributed by atoms with Crippen molar-refractivity contribution < 1.29 is 5.21 Å². The van der Waals surface area contributed by atoms with Crippen LogP contribution in [0.15, 0.2) is 41.6 Å². The van der Waals surface area contributed by atoms with Crippen LogP contribution in [-0.4, -0.2) is 10.5 Å². The molecule has 1 aromatic rings. The zero-order chi connectivity index (χ0) is 9.26. The van der Waals surface area contributed by atoms with Gasteiger partial charge in [0.05, 0.1) is 5.69 Å². The topological polar surface area (TPSA) is 38.7 Å². The smallest absolute Gasteiger partial charge is 0.109 e. The number of para-hydroxylation sites is 1. The molecule has 4 nitrogen and oxygen atoms in total. The zero-order valence-electron chi connectivity index (χ0n) is 6.75. The molecule has 0 fully saturated rings. The molecular weight excluding hydrogens is 186 g/mol. The molecule has 2 rings (SSSR count). The first kappa shape index (κ1) is 8.43. The van der Waals surface area contributed by atoms with Gasteiger partial charge in [-0.2, -0.15) is 0 Å². The molecule has 1 aliphatic heterocycles. The van der Waals surface area contributed by atoms with Crippen LogP contribution in [0.5, 0.6) is 0 Å². The van der Waals surface area contributed by atoms with E-state index in [9.17, 15) is 5.21 Å². The normalized spacial score (nSPS) is 17.1. The van der Waals surface area contributed by atoms with E-state index in [4.69, 9.17) is 0 Å². The number of anilines is 1. The molecule has 68 valence electrons. The maximum atomic E-state index is 9.36. The summed E-state index contributed by atoms with van der Waals surface area (Å²) in [5.41, 5.74) is 3.44. The monoisotopic (exact) mass is 195 g/mol. The van der Waals surface area contributed by atoms with Crippen molar-refractivity contribution in [3.05, 3.63) is 41.6 Å². The summed E-state index contributed by atoms with van der Waals surface area (Å²) in [7, 11) is 0. The highest BCUT2D eigenvalue weighted by Crippen LogP contribution is 2.23. The second-order valence-corrected chi connectivity index (χ2v) is 3.03. The van der Waals surface area contributed by atoms with E-state index in [0.29, 0.717) is 5.03 Å². The van der Waals surface area contributed by atoms with Crippen molar-refractivity contribution in [3.8, 4) is 0 Å². The fourth-order valence-electron chi connectivity index (χ4n) is 1.14. The maximum Gasteiger partial charge on any atom is 0.109 e. The molecule has 0 unspecified atom stereocenters. The molecule has 0 aliphatic carbocycles. The number of rotatable bonds is 1. The molecule has 1 aromatic carbocycles. The first-order chi connectivity index (χ1) is 6.29. The minimum absolute atomic E-state index is 0.633. The van der Waals surface area contributed by atoms with Crippen LogP contribution in [0.2, 0.25) is 0 Å². The van der Waals surface area contributed by atoms with Gasteiger partial charge in [0.15, 0.2) is 0 Å². The van der Waals surface area contributed by atoms with Crippen LogP contribution >= 0.6 is 12.6 Å². The summed E-state index contributed by atoms with van der Waals surface area (Å²) >= 11 is 4.18. The minimum Gasteiger partial charge on any atom is -0.282 e. The van der Waals surface area contributed by atoms with E-state index >= 15 is 0 Å². The number of hydrogen-bond donors (Lipinski definition) is 3. The molecule has 1 heterocycles. The summed E-state index contributed by atoms with van der Waals surface area (Å²) in [5.74, 6) is 0. The summed E-state index contributed by atoms with van der Waals surface area (Å²) in [4.78, 5) is 0. The van der Waals surface area contributed by atoms with Gasteiger partial charge in [-0.05, 0) is 12.1 Å². The lowest BCUT2D eigenvalue weighted by molar-refractivity contribution is -0.118. The molecule has 0 saturated carbocycles. The van der Waals surface area contributed by atoms with E-state index in [1.165, 1.54) is 5.01 Å². The largest absolute Gasteiger partial charge is 0.282 e. The Morgan fingerprint density at radius 1 is 1.23 bits per heavy atom. The van der Waals surface area contributed by atoms with Crippen molar-refractivity contribution in [2.24, 2.45) is 0 Å². The van der Waals surface area contributed by atoms with Crippen LogP contribution in [0.3, 0.4) is 0 Å². The van der Waals surface area contributed by atoms with Gasteiger partial charge in [0.1, 0.15) is 5.03 Å². The van der Waals surface area contributed by atoms with Gasteiger partial charge in [0.2, 0.25) is 0 Å². The molecule has 0 aromatic heterocycles. The van der Waals surface area contributed by atoms with Gasteiger partial charge >= 0.3 is 0 Å². The summed E-state index contributed by atoms with van der Waals surface area (Å²) in [6.45, 7) is 0. The fourth-order valence-corrected chi connectivity index (χ4v) is 1.40. The number of nitrogens with zero attached hydrogens (tertiary/aromatic N) is 2. The summed E-state index contributed by atoms with van der Waals surface area (Å²) in [6, 6.07) is 9.45. The van der Waals surface area contributed by atoms with Crippen LogP contribution in [0.25, 0.3) is 0 Å². The van der Waals surface area contributed by atoms with Crippen molar-refractivity contribution >= 4 is 18.3 Å². The van der Waals surface area contributed by atoms with Crippen LogP contribution in [0.1, 0.15) is 0 Å². The second kappa shape index (κ2) is 3.29. The number of hydrazine groups is 2. The van der Waals surface area contributed by atoms with E-state index in [1.807, 2.05) is 30.3 Å². The third kappa shape index (κ3) is 1.49. The third-order valence-corrected chi connectivity index (χ3v) is 2.03. The van der Waals surface area contributed by atoms with Crippen LogP contribution in [0.4, 0.5) is 5.69 Å². The second-order valence-electron chi connectivity index (χ2n) is 2.57. The third-order valence-electron chi connectivity index (χ3n) is 1.72. The zero-order valence-corrected chi connectivity index (χ0v) is 7.65. The Kier molecular flexibility index (Phi) is 2.13. The summed E-state index contributed by atoms with van der Waals surface area (Å²) < 4.78 is 0. The number of hydrogen-bond acceptors (Lipinski definition) is 5.